The average Bonchev–Trinajstić information content (AvgIpc) is 2.92. The Balaban J connectivity index is 1.68. The Morgan fingerprint density at radius 1 is 0.951 bits per heavy atom. The predicted molar refractivity (Wildman–Crippen MR) is 163 cm³/mol. The zero-order chi connectivity index (χ0) is 30.0. The molecule has 3 aromatic rings. The number of anilines is 1. The Morgan fingerprint density at radius 2 is 1.59 bits per heavy atom. The number of rotatable bonds is 17. The van der Waals surface area contributed by atoms with Gasteiger partial charge in [-0.25, -0.2) is 8.42 Å². The molecule has 0 aliphatic heterocycles. The molecule has 3 rings (SSSR count). The van der Waals surface area contributed by atoms with Crippen LogP contribution < -0.4 is 15.1 Å². The molecule has 41 heavy (non-hydrogen) atoms. The van der Waals surface area contributed by atoms with Crippen LogP contribution in [0.3, 0.4) is 0 Å². The van der Waals surface area contributed by atoms with Gasteiger partial charge in [-0.15, -0.1) is 0 Å². The van der Waals surface area contributed by atoms with Crippen LogP contribution in [0.15, 0.2) is 51.7 Å². The van der Waals surface area contributed by atoms with Crippen LogP contribution in [0.2, 0.25) is 0 Å². The molecule has 0 radical (unpaired) electrons. The zero-order valence-electron chi connectivity index (χ0n) is 24.7. The van der Waals surface area contributed by atoms with Crippen LogP contribution >= 0.6 is 0 Å². The number of aromatic hydroxyl groups is 1. The molecular formula is C31H44N2O7S. The molecule has 2 aromatic carbocycles. The van der Waals surface area contributed by atoms with Crippen molar-refractivity contribution in [3.63, 3.8) is 0 Å². The van der Waals surface area contributed by atoms with E-state index in [0.29, 0.717) is 47.4 Å². The van der Waals surface area contributed by atoms with Crippen LogP contribution in [-0.2, 0) is 10.1 Å². The SMILES string of the molecule is CCCCN(CCCC)c1ccc(-c2oc3ccc(OCCC[N+](C)(C)CCCS(=O)(=O)[O-])cc3c(=O)c2O)cc1. The maximum absolute atomic E-state index is 13.1. The van der Waals surface area contributed by atoms with Crippen LogP contribution in [0.4, 0.5) is 5.69 Å². The Labute approximate surface area is 243 Å². The maximum atomic E-state index is 13.1. The summed E-state index contributed by atoms with van der Waals surface area (Å²) in [5.74, 6) is -0.165. The van der Waals surface area contributed by atoms with Crippen molar-refractivity contribution >= 4 is 26.8 Å². The number of hydrogen-bond donors (Lipinski definition) is 1. The molecule has 1 N–H and O–H groups in total. The van der Waals surface area contributed by atoms with Gasteiger partial charge in [-0.1, -0.05) is 26.7 Å². The van der Waals surface area contributed by atoms with Gasteiger partial charge in [0.15, 0.2) is 5.76 Å². The summed E-state index contributed by atoms with van der Waals surface area (Å²) in [4.78, 5) is 15.4. The first-order valence-corrected chi connectivity index (χ1v) is 16.1. The molecule has 0 saturated carbocycles. The maximum Gasteiger partial charge on any atom is 0.235 e. The monoisotopic (exact) mass is 588 g/mol. The molecule has 0 aliphatic rings. The molecule has 0 bridgehead atoms. The van der Waals surface area contributed by atoms with Gasteiger partial charge in [-0.2, -0.15) is 0 Å². The Hall–Kier alpha value is -3.08. The minimum absolute atomic E-state index is 0.140. The number of ether oxygens (including phenoxy) is 1. The largest absolute Gasteiger partial charge is 0.748 e. The van der Waals surface area contributed by atoms with E-state index in [1.165, 1.54) is 0 Å². The van der Waals surface area contributed by atoms with E-state index in [1.807, 2.05) is 38.4 Å². The van der Waals surface area contributed by atoms with Gasteiger partial charge in [-0.05, 0) is 55.3 Å². The van der Waals surface area contributed by atoms with Crippen molar-refractivity contribution in [2.24, 2.45) is 0 Å². The number of nitrogens with zero attached hydrogens (tertiary/aromatic N) is 2. The Morgan fingerprint density at radius 3 is 2.20 bits per heavy atom. The molecule has 0 unspecified atom stereocenters. The molecule has 0 atom stereocenters. The third-order valence-electron chi connectivity index (χ3n) is 7.23. The minimum Gasteiger partial charge on any atom is -0.748 e. The van der Waals surface area contributed by atoms with Gasteiger partial charge >= 0.3 is 0 Å². The lowest BCUT2D eigenvalue weighted by atomic mass is 10.1. The van der Waals surface area contributed by atoms with Crippen LogP contribution in [0.1, 0.15) is 52.4 Å². The molecule has 9 nitrogen and oxygen atoms in total. The number of hydrogen-bond acceptors (Lipinski definition) is 8. The highest BCUT2D eigenvalue weighted by atomic mass is 32.2. The van der Waals surface area contributed by atoms with Crippen LogP contribution in [0, 0.1) is 0 Å². The van der Waals surface area contributed by atoms with Gasteiger partial charge < -0.3 is 28.2 Å². The molecule has 0 spiro atoms. The highest BCUT2D eigenvalue weighted by Crippen LogP contribution is 2.32. The first kappa shape index (κ1) is 32.4. The average molecular weight is 589 g/mol. The van der Waals surface area contributed by atoms with Crippen LogP contribution in [0.25, 0.3) is 22.3 Å². The second-order valence-electron chi connectivity index (χ2n) is 11.2. The zero-order valence-corrected chi connectivity index (χ0v) is 25.5. The summed E-state index contributed by atoms with van der Waals surface area (Å²) in [5, 5.41) is 11.0. The summed E-state index contributed by atoms with van der Waals surface area (Å²) in [7, 11) is -0.252. The highest BCUT2D eigenvalue weighted by Gasteiger charge is 2.18. The molecule has 0 saturated heterocycles. The van der Waals surface area contributed by atoms with E-state index < -0.39 is 21.3 Å². The first-order chi connectivity index (χ1) is 19.4. The third-order valence-corrected chi connectivity index (χ3v) is 8.02. The Kier molecular flexibility index (Phi) is 11.6. The molecule has 1 heterocycles. The molecular weight excluding hydrogens is 544 g/mol. The fourth-order valence-electron chi connectivity index (χ4n) is 4.81. The summed E-state index contributed by atoms with van der Waals surface area (Å²) >= 11 is 0. The summed E-state index contributed by atoms with van der Waals surface area (Å²) < 4.78 is 44.9. The van der Waals surface area contributed by atoms with Crippen LogP contribution in [-0.4, -0.2) is 75.2 Å². The smallest absolute Gasteiger partial charge is 0.235 e. The van der Waals surface area contributed by atoms with Crippen molar-refractivity contribution in [3.8, 4) is 22.8 Å². The second-order valence-corrected chi connectivity index (χ2v) is 12.7. The second kappa shape index (κ2) is 14.7. The minimum atomic E-state index is -4.20. The van der Waals surface area contributed by atoms with Gasteiger partial charge in [-0.3, -0.25) is 4.79 Å². The Bertz CT molecular complexity index is 1430. The van der Waals surface area contributed by atoms with Gasteiger partial charge in [0, 0.05) is 42.9 Å². The van der Waals surface area contributed by atoms with Crippen molar-refractivity contribution < 1.29 is 31.7 Å². The summed E-state index contributed by atoms with van der Waals surface area (Å²) in [6, 6.07) is 12.7. The van der Waals surface area contributed by atoms with Crippen LogP contribution in [0.5, 0.6) is 11.5 Å². The number of unbranched alkanes of at least 4 members (excludes halogenated alkanes) is 2. The van der Waals surface area contributed by atoms with E-state index >= 15 is 0 Å². The molecule has 0 fully saturated rings. The topological polar surface area (TPSA) is 120 Å². The van der Waals surface area contributed by atoms with E-state index in [9.17, 15) is 22.9 Å². The van der Waals surface area contributed by atoms with Gasteiger partial charge in [0.05, 0.1) is 49.3 Å². The van der Waals surface area contributed by atoms with E-state index in [1.54, 1.807) is 18.2 Å². The first-order valence-electron chi connectivity index (χ1n) is 14.5. The lowest BCUT2D eigenvalue weighted by molar-refractivity contribution is -0.890. The van der Waals surface area contributed by atoms with Gasteiger partial charge in [0.1, 0.15) is 11.3 Å². The normalized spacial score (nSPS) is 12.1. The third kappa shape index (κ3) is 9.76. The fourth-order valence-corrected chi connectivity index (χ4v) is 5.29. The van der Waals surface area contributed by atoms with Crippen molar-refractivity contribution in [2.75, 3.05) is 57.5 Å². The highest BCUT2D eigenvalue weighted by molar-refractivity contribution is 7.85. The van der Waals surface area contributed by atoms with Crippen molar-refractivity contribution in [1.82, 2.24) is 0 Å². The summed E-state index contributed by atoms with van der Waals surface area (Å²) in [6.45, 7) is 8.03. The molecule has 0 amide bonds. The van der Waals surface area contributed by atoms with E-state index in [0.717, 1.165) is 51.0 Å². The van der Waals surface area contributed by atoms with Gasteiger partial charge in [0.2, 0.25) is 11.2 Å². The summed E-state index contributed by atoms with van der Waals surface area (Å²) in [5.41, 5.74) is 1.58. The van der Waals surface area contributed by atoms with E-state index in [-0.39, 0.29) is 16.9 Å². The fraction of sp³-hybridized carbons (Fsp3) is 0.516. The van der Waals surface area contributed by atoms with Gasteiger partial charge in [0.25, 0.3) is 0 Å². The molecule has 226 valence electrons. The van der Waals surface area contributed by atoms with Crippen molar-refractivity contribution in [3.05, 3.63) is 52.7 Å². The van der Waals surface area contributed by atoms with Crippen molar-refractivity contribution in [2.45, 2.75) is 52.4 Å². The predicted octanol–water partition coefficient (Wildman–Crippen LogP) is 5.35. The molecule has 0 aliphatic carbocycles. The lowest BCUT2D eigenvalue weighted by Gasteiger charge is -2.30. The standard InChI is InChI=1S/C31H44N2O7S/c1-5-7-17-32(18-8-6-2)25-13-11-24(12-14-25)31-30(35)29(34)27-23-26(15-16-28(27)40-31)39-21-9-19-33(3,4)20-10-22-41(36,37)38/h11-16,23H,5-10,17-22H2,1-4H3,(H-,35,36,37,38). The lowest BCUT2D eigenvalue weighted by Crippen LogP contribution is -2.42. The van der Waals surface area contributed by atoms with Crippen molar-refractivity contribution in [1.29, 1.82) is 0 Å². The van der Waals surface area contributed by atoms with E-state index in [4.69, 9.17) is 9.15 Å². The number of fused-ring (bicyclic) bond motifs is 1. The number of benzene rings is 2. The molecule has 1 aromatic heterocycles. The quantitative estimate of drug-likeness (QED) is 0.127. The van der Waals surface area contributed by atoms with E-state index in [2.05, 4.69) is 18.7 Å². The molecule has 10 heteroatoms. The summed E-state index contributed by atoms with van der Waals surface area (Å²) in [6.07, 6.45) is 5.49. The number of quaternary nitrogens is 1.